The van der Waals surface area contributed by atoms with Crippen molar-refractivity contribution in [2.75, 3.05) is 5.32 Å². The molecule has 104 valence electrons. The van der Waals surface area contributed by atoms with E-state index in [4.69, 9.17) is 0 Å². The summed E-state index contributed by atoms with van der Waals surface area (Å²) in [5.74, 6) is -2.56. The van der Waals surface area contributed by atoms with E-state index in [2.05, 4.69) is 21.2 Å². The second-order valence-corrected chi connectivity index (χ2v) is 5.38. The number of nitrogens with one attached hydrogen (secondary N) is 1. The third kappa shape index (κ3) is 2.88. The molecule has 0 saturated carbocycles. The molecule has 0 radical (unpaired) electrons. The highest BCUT2D eigenvalue weighted by Gasteiger charge is 2.18. The zero-order chi connectivity index (χ0) is 14.9. The van der Waals surface area contributed by atoms with E-state index in [0.717, 1.165) is 27.7 Å². The molecule has 2 nitrogen and oxygen atoms in total. The summed E-state index contributed by atoms with van der Waals surface area (Å²) in [7, 11) is 0. The van der Waals surface area contributed by atoms with Gasteiger partial charge in [0.2, 0.25) is 0 Å². The Labute approximate surface area is 123 Å². The molecule has 2 rings (SSSR count). The first kappa shape index (κ1) is 14.7. The van der Waals surface area contributed by atoms with Crippen LogP contribution >= 0.6 is 15.9 Å². The normalized spacial score (nSPS) is 10.4. The summed E-state index contributed by atoms with van der Waals surface area (Å²) in [6.07, 6.45) is 0. The summed E-state index contributed by atoms with van der Waals surface area (Å²) in [4.78, 5) is 12.0. The maximum Gasteiger partial charge on any atom is 0.261 e. The van der Waals surface area contributed by atoms with Crippen molar-refractivity contribution in [3.63, 3.8) is 0 Å². The first-order chi connectivity index (χ1) is 9.40. The Bertz CT molecular complexity index is 642. The predicted molar refractivity (Wildman–Crippen MR) is 77.9 cm³/mol. The molecule has 0 bridgehead atoms. The van der Waals surface area contributed by atoms with Crippen molar-refractivity contribution in [3.05, 3.63) is 63.1 Å². The van der Waals surface area contributed by atoms with E-state index in [9.17, 15) is 13.6 Å². The monoisotopic (exact) mass is 339 g/mol. The Hall–Kier alpha value is -1.75. The molecule has 0 aromatic heterocycles. The quantitative estimate of drug-likeness (QED) is 0.851. The molecule has 0 fully saturated rings. The second-order valence-electron chi connectivity index (χ2n) is 4.47. The molecule has 2 aromatic rings. The van der Waals surface area contributed by atoms with Gasteiger partial charge in [0.05, 0.1) is 0 Å². The molecule has 0 spiro atoms. The highest BCUT2D eigenvalue weighted by molar-refractivity contribution is 9.10. The van der Waals surface area contributed by atoms with Crippen LogP contribution in [0.4, 0.5) is 14.5 Å². The highest BCUT2D eigenvalue weighted by Crippen LogP contribution is 2.26. The number of benzene rings is 2. The minimum Gasteiger partial charge on any atom is -0.321 e. The summed E-state index contributed by atoms with van der Waals surface area (Å²) in [6, 6.07) is 6.97. The third-order valence-corrected chi connectivity index (χ3v) is 3.38. The predicted octanol–water partition coefficient (Wildman–Crippen LogP) is 4.60. The van der Waals surface area contributed by atoms with Crippen LogP contribution in [0.3, 0.4) is 0 Å². The van der Waals surface area contributed by atoms with Gasteiger partial charge in [0.1, 0.15) is 17.2 Å². The van der Waals surface area contributed by atoms with Gasteiger partial charge in [-0.05, 0) is 49.2 Å². The van der Waals surface area contributed by atoms with Crippen molar-refractivity contribution in [1.82, 2.24) is 0 Å². The molecule has 1 N–H and O–H groups in total. The van der Waals surface area contributed by atoms with E-state index in [1.165, 1.54) is 6.07 Å². The number of rotatable bonds is 2. The molecular weight excluding hydrogens is 328 g/mol. The fourth-order valence-electron chi connectivity index (χ4n) is 2.00. The molecule has 0 aliphatic rings. The summed E-state index contributed by atoms with van der Waals surface area (Å²) in [5.41, 5.74) is 1.60. The van der Waals surface area contributed by atoms with Gasteiger partial charge in [0.15, 0.2) is 0 Å². The van der Waals surface area contributed by atoms with Crippen molar-refractivity contribution in [3.8, 4) is 0 Å². The summed E-state index contributed by atoms with van der Waals surface area (Å²) < 4.78 is 28.0. The van der Waals surface area contributed by atoms with Crippen LogP contribution in [-0.4, -0.2) is 5.91 Å². The number of carbonyl (C=O) groups excluding carboxylic acids is 1. The van der Waals surface area contributed by atoms with Gasteiger partial charge in [0, 0.05) is 10.2 Å². The van der Waals surface area contributed by atoms with Crippen LogP contribution in [0.25, 0.3) is 0 Å². The number of hydrogen-bond donors (Lipinski definition) is 1. The molecule has 5 heteroatoms. The van der Waals surface area contributed by atoms with Crippen LogP contribution in [0.1, 0.15) is 21.5 Å². The first-order valence-electron chi connectivity index (χ1n) is 5.92. The Morgan fingerprint density at radius 2 is 1.60 bits per heavy atom. The Morgan fingerprint density at radius 1 is 1.10 bits per heavy atom. The summed E-state index contributed by atoms with van der Waals surface area (Å²) in [6.45, 7) is 3.62. The van der Waals surface area contributed by atoms with E-state index in [1.54, 1.807) is 0 Å². The Balaban J connectivity index is 2.38. The van der Waals surface area contributed by atoms with Gasteiger partial charge in [-0.2, -0.15) is 0 Å². The second kappa shape index (κ2) is 5.71. The van der Waals surface area contributed by atoms with Crippen LogP contribution < -0.4 is 5.32 Å². The molecule has 0 aliphatic carbocycles. The van der Waals surface area contributed by atoms with Crippen LogP contribution in [0, 0.1) is 25.5 Å². The molecule has 0 unspecified atom stereocenters. The van der Waals surface area contributed by atoms with Gasteiger partial charge in [-0.1, -0.05) is 22.0 Å². The van der Waals surface area contributed by atoms with Crippen molar-refractivity contribution in [1.29, 1.82) is 0 Å². The molecule has 1 amide bonds. The maximum atomic E-state index is 13.6. The Morgan fingerprint density at radius 3 is 2.10 bits per heavy atom. The SMILES string of the molecule is Cc1cc(Br)cc(C)c1NC(=O)c1c(F)cccc1F. The molecule has 20 heavy (non-hydrogen) atoms. The zero-order valence-electron chi connectivity index (χ0n) is 10.9. The van der Waals surface area contributed by atoms with E-state index in [1.807, 2.05) is 26.0 Å². The zero-order valence-corrected chi connectivity index (χ0v) is 12.5. The van der Waals surface area contributed by atoms with E-state index >= 15 is 0 Å². The van der Waals surface area contributed by atoms with Crippen LogP contribution in [0.2, 0.25) is 0 Å². The fourth-order valence-corrected chi connectivity index (χ4v) is 2.69. The lowest BCUT2D eigenvalue weighted by atomic mass is 10.1. The summed E-state index contributed by atoms with van der Waals surface area (Å²) >= 11 is 3.35. The number of carbonyl (C=O) groups is 1. The smallest absolute Gasteiger partial charge is 0.261 e. The van der Waals surface area contributed by atoms with Crippen LogP contribution in [0.5, 0.6) is 0 Å². The number of amides is 1. The van der Waals surface area contributed by atoms with Gasteiger partial charge in [0.25, 0.3) is 5.91 Å². The number of aryl methyl sites for hydroxylation is 2. The molecule has 2 aromatic carbocycles. The topological polar surface area (TPSA) is 29.1 Å². The van der Waals surface area contributed by atoms with Crippen molar-refractivity contribution < 1.29 is 13.6 Å². The highest BCUT2D eigenvalue weighted by atomic mass is 79.9. The molecule has 0 heterocycles. The van der Waals surface area contributed by atoms with Crippen LogP contribution in [0.15, 0.2) is 34.8 Å². The maximum absolute atomic E-state index is 13.6. The number of anilines is 1. The van der Waals surface area contributed by atoms with Gasteiger partial charge in [-0.3, -0.25) is 4.79 Å². The summed E-state index contributed by atoms with van der Waals surface area (Å²) in [5, 5.41) is 2.56. The lowest BCUT2D eigenvalue weighted by Gasteiger charge is -2.13. The lowest BCUT2D eigenvalue weighted by molar-refractivity contribution is 0.101. The molecule has 0 atom stereocenters. The molecular formula is C15H12BrF2NO. The van der Waals surface area contributed by atoms with Crippen molar-refractivity contribution in [2.45, 2.75) is 13.8 Å². The first-order valence-corrected chi connectivity index (χ1v) is 6.71. The van der Waals surface area contributed by atoms with E-state index in [-0.39, 0.29) is 0 Å². The Kier molecular flexibility index (Phi) is 4.18. The van der Waals surface area contributed by atoms with Gasteiger partial charge in [-0.25, -0.2) is 8.78 Å². The third-order valence-electron chi connectivity index (χ3n) is 2.93. The largest absolute Gasteiger partial charge is 0.321 e. The number of halogens is 3. The lowest BCUT2D eigenvalue weighted by Crippen LogP contribution is -2.17. The van der Waals surface area contributed by atoms with Crippen molar-refractivity contribution in [2.24, 2.45) is 0 Å². The standard InChI is InChI=1S/C15H12BrF2NO/c1-8-6-10(16)7-9(2)14(8)19-15(20)13-11(17)4-3-5-12(13)18/h3-7H,1-2H3,(H,19,20). The average molecular weight is 340 g/mol. The average Bonchev–Trinajstić information content (AvgIpc) is 2.33. The van der Waals surface area contributed by atoms with Crippen molar-refractivity contribution >= 4 is 27.5 Å². The van der Waals surface area contributed by atoms with Gasteiger partial charge < -0.3 is 5.32 Å². The van der Waals surface area contributed by atoms with Crippen LogP contribution in [-0.2, 0) is 0 Å². The van der Waals surface area contributed by atoms with E-state index in [0.29, 0.717) is 5.69 Å². The number of hydrogen-bond acceptors (Lipinski definition) is 1. The minimum atomic E-state index is -0.880. The van der Waals surface area contributed by atoms with E-state index < -0.39 is 23.1 Å². The fraction of sp³-hybridized carbons (Fsp3) is 0.133. The van der Waals surface area contributed by atoms with Gasteiger partial charge >= 0.3 is 0 Å². The molecule has 0 saturated heterocycles. The molecule has 0 aliphatic heterocycles. The van der Waals surface area contributed by atoms with Gasteiger partial charge in [-0.15, -0.1) is 0 Å². The minimum absolute atomic E-state index is 0.556.